The number of carboxylic acid groups (broad SMARTS) is 4. The van der Waals surface area contributed by atoms with Crippen molar-refractivity contribution in [2.45, 2.75) is 9.79 Å². The Kier molecular flexibility index (Phi) is 14.8. The summed E-state index contributed by atoms with van der Waals surface area (Å²) in [4.78, 5) is 43.4. The van der Waals surface area contributed by atoms with Crippen LogP contribution < -0.4 is 0 Å². The van der Waals surface area contributed by atoms with E-state index in [2.05, 4.69) is 0 Å². The van der Waals surface area contributed by atoms with Gasteiger partial charge in [0, 0.05) is 51.8 Å². The molecule has 0 atom stereocenters. The summed E-state index contributed by atoms with van der Waals surface area (Å²) in [6.07, 6.45) is 0. The average Bonchev–Trinajstić information content (AvgIpc) is 2.98. The van der Waals surface area contributed by atoms with E-state index < -0.39 is 87.3 Å². The molecule has 23 heteroatoms. The maximum atomic E-state index is 11.8. The third-order valence-corrected chi connectivity index (χ3v) is 10.3. The summed E-state index contributed by atoms with van der Waals surface area (Å²) in [5.74, 6) is -6.53. The van der Waals surface area contributed by atoms with E-state index in [0.29, 0.717) is 0 Å². The monoisotopic (exact) mass is 871 g/mol. The van der Waals surface area contributed by atoms with Crippen molar-refractivity contribution in [1.29, 1.82) is 0 Å². The molecular weight excluding hydrogens is 860 g/mol. The number of hydrogen-bond donors (Lipinski definition) is 6. The van der Waals surface area contributed by atoms with Crippen LogP contribution in [0.2, 0.25) is 30.1 Å². The third-order valence-electron chi connectivity index (χ3n) is 6.31. The number of benzene rings is 4. The largest absolute Gasteiger partial charge is 0.478 e. The molecule has 0 aliphatic rings. The van der Waals surface area contributed by atoms with E-state index in [9.17, 15) is 65.5 Å². The first kappa shape index (κ1) is 44.5. The zero-order valence-corrected chi connectivity index (χ0v) is 32.8. The molecular formula is C28H14Cl6NaO14S2. The summed E-state index contributed by atoms with van der Waals surface area (Å²) in [5.41, 5.74) is -4.52. The molecule has 4 aromatic carbocycles. The van der Waals surface area contributed by atoms with Gasteiger partial charge in [-0.3, -0.25) is 9.11 Å². The van der Waals surface area contributed by atoms with Crippen LogP contribution in [0.1, 0.15) is 41.4 Å². The molecule has 0 amide bonds. The first-order valence-corrected chi connectivity index (χ1v) is 17.6. The number of halogens is 6. The van der Waals surface area contributed by atoms with Crippen molar-refractivity contribution < 1.29 is 65.5 Å². The smallest absolute Gasteiger partial charge is 0.337 e. The van der Waals surface area contributed by atoms with Gasteiger partial charge in [0.15, 0.2) is 0 Å². The summed E-state index contributed by atoms with van der Waals surface area (Å²) in [5, 5.41) is 36.5. The zero-order chi connectivity index (χ0) is 38.2. The molecule has 14 nitrogen and oxygen atoms in total. The second-order valence-corrected chi connectivity index (χ2v) is 14.6. The minimum Gasteiger partial charge on any atom is -0.478 e. The van der Waals surface area contributed by atoms with Crippen LogP contribution in [0.5, 0.6) is 0 Å². The molecule has 0 saturated carbocycles. The van der Waals surface area contributed by atoms with E-state index in [-0.39, 0.29) is 70.8 Å². The van der Waals surface area contributed by atoms with E-state index in [4.69, 9.17) is 69.6 Å². The maximum Gasteiger partial charge on any atom is 0.337 e. The molecule has 1 radical (unpaired) electrons. The average molecular weight is 874 g/mol. The molecule has 0 saturated heterocycles. The molecule has 0 unspecified atom stereocenters. The normalized spacial score (nSPS) is 11.1. The summed E-state index contributed by atoms with van der Waals surface area (Å²) in [6.45, 7) is 0. The van der Waals surface area contributed by atoms with Crippen molar-refractivity contribution in [2.24, 2.45) is 0 Å². The van der Waals surface area contributed by atoms with Crippen molar-refractivity contribution >= 4 is 143 Å². The fourth-order valence-electron chi connectivity index (χ4n) is 4.36. The molecule has 0 aliphatic heterocycles. The molecule has 51 heavy (non-hydrogen) atoms. The predicted molar refractivity (Wildman–Crippen MR) is 187 cm³/mol. The Balaban J connectivity index is 0.000000347. The maximum absolute atomic E-state index is 11.8. The minimum atomic E-state index is -5.13. The number of carbonyl (C=O) groups is 4. The summed E-state index contributed by atoms with van der Waals surface area (Å²) >= 11 is 35.3. The first-order chi connectivity index (χ1) is 22.9. The SMILES string of the molecule is O=C(O)c1ccc(C(=O)O)c(S(=O)(=O)O)c1-c1cc(Cl)c(Cl)cc1Cl.O=C(O)c1ccc(C(=O)O)c(S(=O)(=O)O)c1-c1cc(Cl)c(Cl)cc1Cl.[Na]. The van der Waals surface area contributed by atoms with E-state index in [1.807, 2.05) is 0 Å². The quantitative estimate of drug-likeness (QED) is 0.0568. The fraction of sp³-hybridized carbons (Fsp3) is 0. The number of hydrogen-bond acceptors (Lipinski definition) is 8. The second kappa shape index (κ2) is 17.0. The van der Waals surface area contributed by atoms with Gasteiger partial charge in [-0.1, -0.05) is 69.6 Å². The van der Waals surface area contributed by atoms with E-state index in [0.717, 1.165) is 48.5 Å². The zero-order valence-electron chi connectivity index (χ0n) is 24.7. The Morgan fingerprint density at radius 1 is 0.431 bits per heavy atom. The van der Waals surface area contributed by atoms with Crippen LogP contribution in [0.3, 0.4) is 0 Å². The predicted octanol–water partition coefficient (Wildman–Crippen LogP) is 7.53. The summed E-state index contributed by atoms with van der Waals surface area (Å²) in [7, 11) is -10.3. The van der Waals surface area contributed by atoms with E-state index in [1.165, 1.54) is 0 Å². The minimum absolute atomic E-state index is 0. The number of carboxylic acids is 4. The van der Waals surface area contributed by atoms with Gasteiger partial charge in [0.2, 0.25) is 0 Å². The van der Waals surface area contributed by atoms with E-state index >= 15 is 0 Å². The van der Waals surface area contributed by atoms with Gasteiger partial charge >= 0.3 is 23.9 Å². The number of aromatic carboxylic acids is 4. The van der Waals surface area contributed by atoms with Crippen LogP contribution >= 0.6 is 69.6 Å². The Hall–Kier alpha value is -2.68. The summed E-state index contributed by atoms with van der Waals surface area (Å²) in [6, 6.07) is 7.70. The fourth-order valence-corrected chi connectivity index (χ4v) is 7.46. The van der Waals surface area contributed by atoms with Gasteiger partial charge in [0.05, 0.1) is 52.4 Å². The number of rotatable bonds is 8. The second-order valence-electron chi connectivity index (χ2n) is 9.39. The van der Waals surface area contributed by atoms with Gasteiger partial charge in [-0.15, -0.1) is 0 Å². The van der Waals surface area contributed by atoms with Crippen LogP contribution in [0.4, 0.5) is 0 Å². The van der Waals surface area contributed by atoms with Gasteiger partial charge in [-0.25, -0.2) is 19.2 Å². The van der Waals surface area contributed by atoms with Gasteiger partial charge in [0.1, 0.15) is 9.79 Å². The molecule has 0 bridgehead atoms. The van der Waals surface area contributed by atoms with Crippen LogP contribution in [-0.2, 0) is 20.2 Å². The van der Waals surface area contributed by atoms with Crippen LogP contribution in [-0.4, -0.2) is 99.8 Å². The van der Waals surface area contributed by atoms with Gasteiger partial charge in [0.25, 0.3) is 20.2 Å². The Morgan fingerprint density at radius 3 is 0.902 bits per heavy atom. The topological polar surface area (TPSA) is 258 Å². The molecule has 0 aliphatic carbocycles. The van der Waals surface area contributed by atoms with Gasteiger partial charge in [-0.05, 0) is 48.5 Å². The van der Waals surface area contributed by atoms with Gasteiger partial charge in [-0.2, -0.15) is 16.8 Å². The summed E-state index contributed by atoms with van der Waals surface area (Å²) < 4.78 is 66.1. The Morgan fingerprint density at radius 2 is 0.667 bits per heavy atom. The van der Waals surface area contributed by atoms with Gasteiger partial charge < -0.3 is 20.4 Å². The molecule has 0 aromatic heterocycles. The third kappa shape index (κ3) is 9.85. The molecule has 0 fully saturated rings. The Labute approximate surface area is 338 Å². The molecule has 265 valence electrons. The van der Waals surface area contributed by atoms with Crippen molar-refractivity contribution in [1.82, 2.24) is 0 Å². The Bertz CT molecular complexity index is 2200. The molecule has 4 rings (SSSR count). The van der Waals surface area contributed by atoms with Crippen molar-refractivity contribution in [2.75, 3.05) is 0 Å². The molecule has 0 heterocycles. The van der Waals surface area contributed by atoms with Crippen molar-refractivity contribution in [3.8, 4) is 22.3 Å². The van der Waals surface area contributed by atoms with E-state index in [1.54, 1.807) is 0 Å². The first-order valence-electron chi connectivity index (χ1n) is 12.4. The molecule has 4 aromatic rings. The van der Waals surface area contributed by atoms with Crippen LogP contribution in [0.15, 0.2) is 58.3 Å². The molecule has 0 spiro atoms. The van der Waals surface area contributed by atoms with Crippen LogP contribution in [0, 0.1) is 0 Å². The van der Waals surface area contributed by atoms with Crippen LogP contribution in [0.25, 0.3) is 22.3 Å². The van der Waals surface area contributed by atoms with Crippen molar-refractivity contribution in [3.05, 3.63) is 101 Å². The standard InChI is InChI=1S/2C14H7Cl3O7S.Na/c2*15-8-4-10(17)9(16)3-7(8)11-5(13(18)19)1-2-6(14(20)21)12(11)25(22,23)24;/h2*1-4H,(H,18,19)(H,20,21)(H,22,23,24);. The molecule has 6 N–H and O–H groups in total. The van der Waals surface area contributed by atoms with Crippen molar-refractivity contribution in [3.63, 3.8) is 0 Å².